The Kier molecular flexibility index (Phi) is 6.58. The van der Waals surface area contributed by atoms with Crippen LogP contribution in [0.5, 0.6) is 0 Å². The second-order valence-corrected chi connectivity index (χ2v) is 8.73. The van der Waals surface area contributed by atoms with Gasteiger partial charge in [-0.15, -0.1) is 0 Å². The number of nitrogens with zero attached hydrogens (tertiary/aromatic N) is 1. The highest BCUT2D eigenvalue weighted by molar-refractivity contribution is 7.91. The lowest BCUT2D eigenvalue weighted by Crippen LogP contribution is -2.46. The molecule has 6 nitrogen and oxygen atoms in total. The number of carbonyl (C=O) groups excluding carboxylic acids is 2. The van der Waals surface area contributed by atoms with Gasteiger partial charge in [-0.2, -0.15) is 0 Å². The molecule has 0 aromatic heterocycles. The summed E-state index contributed by atoms with van der Waals surface area (Å²) < 4.78 is 28.5. The van der Waals surface area contributed by atoms with Crippen molar-refractivity contribution in [2.24, 2.45) is 0 Å². The van der Waals surface area contributed by atoms with Gasteiger partial charge in [0, 0.05) is 18.7 Å². The lowest BCUT2D eigenvalue weighted by atomic mass is 10.1. The fourth-order valence-corrected chi connectivity index (χ4v) is 4.69. The molecular weight excluding hydrogens is 354 g/mol. The molecule has 1 aromatic carbocycles. The molecule has 1 aromatic rings. The molecule has 0 spiro atoms. The Morgan fingerprint density at radius 2 is 1.96 bits per heavy atom. The van der Waals surface area contributed by atoms with Gasteiger partial charge in [-0.1, -0.05) is 29.8 Å². The van der Waals surface area contributed by atoms with E-state index < -0.39 is 21.9 Å². The molecule has 2 atom stereocenters. The summed E-state index contributed by atoms with van der Waals surface area (Å²) in [6.07, 6.45) is 2.37. The van der Waals surface area contributed by atoms with E-state index in [-0.39, 0.29) is 23.5 Å². The van der Waals surface area contributed by atoms with Crippen LogP contribution in [0.4, 0.5) is 0 Å². The number of rotatable bonds is 6. The predicted molar refractivity (Wildman–Crippen MR) is 100 cm³/mol. The highest BCUT2D eigenvalue weighted by Gasteiger charge is 2.36. The van der Waals surface area contributed by atoms with Gasteiger partial charge >= 0.3 is 5.97 Å². The summed E-state index contributed by atoms with van der Waals surface area (Å²) in [6.45, 7) is 5.64. The second-order valence-electron chi connectivity index (χ2n) is 6.50. The maximum absolute atomic E-state index is 12.5. The van der Waals surface area contributed by atoms with Gasteiger partial charge in [-0.25, -0.2) is 13.2 Å². The second kappa shape index (κ2) is 8.49. The van der Waals surface area contributed by atoms with Crippen LogP contribution in [0.1, 0.15) is 31.4 Å². The Morgan fingerprint density at radius 1 is 1.31 bits per heavy atom. The molecule has 0 N–H and O–H groups in total. The maximum atomic E-state index is 12.5. The normalized spacial score (nSPS) is 20.0. The van der Waals surface area contributed by atoms with Gasteiger partial charge in [0.25, 0.3) is 5.91 Å². The first-order valence-electron chi connectivity index (χ1n) is 8.68. The molecule has 0 bridgehead atoms. The first kappa shape index (κ1) is 20.2. The number of ether oxygens (including phenoxy) is 1. The van der Waals surface area contributed by atoms with Crippen LogP contribution in [0.3, 0.4) is 0 Å². The first-order valence-corrected chi connectivity index (χ1v) is 10.5. The highest BCUT2D eigenvalue weighted by Crippen LogP contribution is 2.19. The fraction of sp³-hybridized carbons (Fsp3) is 0.474. The fourth-order valence-electron chi connectivity index (χ4n) is 2.95. The van der Waals surface area contributed by atoms with Crippen LogP contribution in [-0.2, 0) is 24.2 Å². The minimum atomic E-state index is -3.09. The van der Waals surface area contributed by atoms with Crippen molar-refractivity contribution in [3.8, 4) is 0 Å². The number of hydrogen-bond acceptors (Lipinski definition) is 5. The summed E-state index contributed by atoms with van der Waals surface area (Å²) in [5.41, 5.74) is 1.98. The smallest absolute Gasteiger partial charge is 0.331 e. The number of likely N-dealkylation sites (N-methyl/N-ethyl adjacent to an activating group) is 1. The monoisotopic (exact) mass is 379 g/mol. The Bertz CT molecular complexity index is 783. The van der Waals surface area contributed by atoms with Crippen molar-refractivity contribution in [3.63, 3.8) is 0 Å². The van der Waals surface area contributed by atoms with E-state index in [1.807, 2.05) is 31.2 Å². The van der Waals surface area contributed by atoms with Crippen LogP contribution in [-0.4, -0.2) is 55.4 Å². The van der Waals surface area contributed by atoms with E-state index in [2.05, 4.69) is 0 Å². The summed E-state index contributed by atoms with van der Waals surface area (Å²) in [6, 6.07) is 7.29. The van der Waals surface area contributed by atoms with E-state index >= 15 is 0 Å². The molecule has 0 saturated carbocycles. The molecular formula is C19H25NO5S. The zero-order valence-corrected chi connectivity index (χ0v) is 16.2. The molecule has 1 fully saturated rings. The summed E-state index contributed by atoms with van der Waals surface area (Å²) in [4.78, 5) is 26.0. The topological polar surface area (TPSA) is 80.8 Å². The van der Waals surface area contributed by atoms with Crippen LogP contribution >= 0.6 is 0 Å². The average molecular weight is 379 g/mol. The van der Waals surface area contributed by atoms with Crippen molar-refractivity contribution in [1.82, 2.24) is 4.90 Å². The third-order valence-corrected chi connectivity index (χ3v) is 6.15. The van der Waals surface area contributed by atoms with Crippen LogP contribution in [0.15, 0.2) is 30.3 Å². The molecule has 26 heavy (non-hydrogen) atoms. The van der Waals surface area contributed by atoms with E-state index in [0.29, 0.717) is 13.0 Å². The van der Waals surface area contributed by atoms with Crippen LogP contribution < -0.4 is 0 Å². The number of hydrogen-bond donors (Lipinski definition) is 0. The van der Waals surface area contributed by atoms with E-state index in [1.165, 1.54) is 17.9 Å². The number of amides is 1. The van der Waals surface area contributed by atoms with Crippen molar-refractivity contribution >= 4 is 27.8 Å². The molecule has 7 heteroatoms. The lowest BCUT2D eigenvalue weighted by Gasteiger charge is -2.29. The molecule has 0 unspecified atom stereocenters. The number of aryl methyl sites for hydroxylation is 1. The molecule has 1 amide bonds. The Hall–Kier alpha value is -2.15. The molecule has 1 aliphatic heterocycles. The number of carbonyl (C=O) groups is 2. The third kappa shape index (κ3) is 5.42. The van der Waals surface area contributed by atoms with Gasteiger partial charge in [0.2, 0.25) is 0 Å². The molecule has 142 valence electrons. The SMILES string of the molecule is CCN(C(=O)[C@@H](C)OC(=O)/C=C/c1ccc(C)cc1)[C@H]1CCS(=O)(=O)C1. The first-order chi connectivity index (χ1) is 12.2. The summed E-state index contributed by atoms with van der Waals surface area (Å²) in [7, 11) is -3.09. The number of sulfone groups is 1. The van der Waals surface area contributed by atoms with Crippen molar-refractivity contribution in [2.45, 2.75) is 39.3 Å². The summed E-state index contributed by atoms with van der Waals surface area (Å²) >= 11 is 0. The van der Waals surface area contributed by atoms with E-state index in [9.17, 15) is 18.0 Å². The molecule has 1 heterocycles. The van der Waals surface area contributed by atoms with Crippen LogP contribution in [0.2, 0.25) is 0 Å². The molecule has 2 rings (SSSR count). The van der Waals surface area contributed by atoms with Gasteiger partial charge in [0.05, 0.1) is 11.5 Å². The van der Waals surface area contributed by atoms with Gasteiger partial charge in [0.15, 0.2) is 15.9 Å². The molecule has 0 aliphatic carbocycles. The van der Waals surface area contributed by atoms with Gasteiger partial charge < -0.3 is 9.64 Å². The van der Waals surface area contributed by atoms with Crippen LogP contribution in [0.25, 0.3) is 6.08 Å². The minimum absolute atomic E-state index is 0.0272. The van der Waals surface area contributed by atoms with Crippen molar-refractivity contribution < 1.29 is 22.7 Å². The standard InChI is InChI=1S/C19H25NO5S/c1-4-20(17-11-12-26(23,24)13-17)19(22)15(3)25-18(21)10-9-16-7-5-14(2)6-8-16/h5-10,15,17H,4,11-13H2,1-3H3/b10-9+/t15-,17+/m1/s1. The number of benzene rings is 1. The minimum Gasteiger partial charge on any atom is -0.449 e. The van der Waals surface area contributed by atoms with Gasteiger partial charge in [-0.3, -0.25) is 4.79 Å². The third-order valence-electron chi connectivity index (χ3n) is 4.40. The van der Waals surface area contributed by atoms with E-state index in [0.717, 1.165) is 11.1 Å². The zero-order chi connectivity index (χ0) is 19.3. The summed E-state index contributed by atoms with van der Waals surface area (Å²) in [5, 5.41) is 0. The molecule has 1 aliphatic rings. The van der Waals surface area contributed by atoms with Crippen molar-refractivity contribution in [2.75, 3.05) is 18.1 Å². The molecule has 0 radical (unpaired) electrons. The van der Waals surface area contributed by atoms with Crippen molar-refractivity contribution in [1.29, 1.82) is 0 Å². The Labute approximate surface area is 154 Å². The Morgan fingerprint density at radius 3 is 2.50 bits per heavy atom. The lowest BCUT2D eigenvalue weighted by molar-refractivity contribution is -0.156. The van der Waals surface area contributed by atoms with Crippen LogP contribution in [0, 0.1) is 6.92 Å². The quantitative estimate of drug-likeness (QED) is 0.558. The number of esters is 1. The largest absolute Gasteiger partial charge is 0.449 e. The van der Waals surface area contributed by atoms with Crippen molar-refractivity contribution in [3.05, 3.63) is 41.5 Å². The zero-order valence-electron chi connectivity index (χ0n) is 15.3. The predicted octanol–water partition coefficient (Wildman–Crippen LogP) is 1.98. The maximum Gasteiger partial charge on any atom is 0.331 e. The average Bonchev–Trinajstić information content (AvgIpc) is 2.94. The Balaban J connectivity index is 1.94. The van der Waals surface area contributed by atoms with Gasteiger partial charge in [-0.05, 0) is 38.8 Å². The summed E-state index contributed by atoms with van der Waals surface area (Å²) in [5.74, 6) is -0.914. The molecule has 1 saturated heterocycles. The van der Waals surface area contributed by atoms with E-state index in [1.54, 1.807) is 13.0 Å². The van der Waals surface area contributed by atoms with Gasteiger partial charge in [0.1, 0.15) is 0 Å². The van der Waals surface area contributed by atoms with E-state index in [4.69, 9.17) is 4.74 Å². The highest BCUT2D eigenvalue weighted by atomic mass is 32.2.